The van der Waals surface area contributed by atoms with Crippen LogP contribution in [0.1, 0.15) is 32.9 Å². The molecule has 168 valence electrons. The molecule has 2 heterocycles. The van der Waals surface area contributed by atoms with Crippen molar-refractivity contribution in [3.8, 4) is 17.2 Å². The van der Waals surface area contributed by atoms with Crippen molar-refractivity contribution in [2.45, 2.75) is 39.7 Å². The lowest BCUT2D eigenvalue weighted by Gasteiger charge is -2.23. The molecule has 9 heteroatoms. The van der Waals surface area contributed by atoms with Crippen LogP contribution in [-0.2, 0) is 15.1 Å². The summed E-state index contributed by atoms with van der Waals surface area (Å²) < 4.78 is 17.9. The molecule has 0 spiro atoms. The summed E-state index contributed by atoms with van der Waals surface area (Å²) in [6, 6.07) is 5.24. The number of carbonyl (C=O) groups is 2. The van der Waals surface area contributed by atoms with Gasteiger partial charge in [0.2, 0.25) is 17.6 Å². The molecular weight excluding hydrogens is 400 g/mol. The largest absolute Gasteiger partial charge is 0.493 e. The average molecular weight is 431 g/mol. The molecule has 1 fully saturated rings. The fraction of sp³-hybridized carbons (Fsp3) is 0.500. The third kappa shape index (κ3) is 4.45. The zero-order valence-electron chi connectivity index (χ0n) is 19.1. The number of hydrogen-bond acceptors (Lipinski definition) is 6. The van der Waals surface area contributed by atoms with Crippen molar-refractivity contribution < 1.29 is 23.8 Å². The number of benzene rings is 1. The number of aromatic nitrogens is 2. The molecule has 9 nitrogen and oxygen atoms in total. The Kier molecular flexibility index (Phi) is 6.15. The number of rotatable bonds is 6. The van der Waals surface area contributed by atoms with E-state index in [1.165, 1.54) is 21.3 Å². The van der Waals surface area contributed by atoms with E-state index in [2.05, 4.69) is 10.4 Å². The molecule has 1 aliphatic heterocycles. The maximum absolute atomic E-state index is 13.0. The predicted molar refractivity (Wildman–Crippen MR) is 117 cm³/mol. The highest BCUT2D eigenvalue weighted by molar-refractivity contribution is 6.03. The highest BCUT2D eigenvalue weighted by Crippen LogP contribution is 2.42. The van der Waals surface area contributed by atoms with Crippen LogP contribution in [0.15, 0.2) is 18.2 Å². The van der Waals surface area contributed by atoms with E-state index in [0.717, 1.165) is 5.69 Å². The number of nitrogens with one attached hydrogen (secondary N) is 1. The topological polar surface area (TPSA) is 94.9 Å². The number of amides is 2. The summed E-state index contributed by atoms with van der Waals surface area (Å²) in [5, 5.41) is 7.43. The van der Waals surface area contributed by atoms with Crippen LogP contribution >= 0.6 is 0 Å². The molecule has 0 radical (unpaired) electrons. The normalized spacial score (nSPS) is 16.4. The standard InChI is InChI=1S/C22H30N4O5/c1-13-8-18(26(24-13)22(2,3)4)23-21(28)14-9-19(27)25(12-14)15-10-16(29-5)20(31-7)17(11-15)30-6/h8,10-11,14H,9,12H2,1-7H3,(H,23,28). The average Bonchev–Trinajstić information content (AvgIpc) is 3.29. The third-order valence-corrected chi connectivity index (χ3v) is 5.18. The zero-order chi connectivity index (χ0) is 22.9. The molecule has 2 amide bonds. The van der Waals surface area contributed by atoms with Crippen molar-refractivity contribution in [2.75, 3.05) is 38.1 Å². The van der Waals surface area contributed by atoms with Gasteiger partial charge in [0.25, 0.3) is 0 Å². The Balaban J connectivity index is 1.82. The first kappa shape index (κ1) is 22.5. The Morgan fingerprint density at radius 3 is 2.23 bits per heavy atom. The van der Waals surface area contributed by atoms with Crippen molar-refractivity contribution in [1.82, 2.24) is 9.78 Å². The maximum Gasteiger partial charge on any atom is 0.230 e. The number of hydrogen-bond donors (Lipinski definition) is 1. The van der Waals surface area contributed by atoms with Crippen LogP contribution in [-0.4, -0.2) is 49.5 Å². The first-order chi connectivity index (χ1) is 14.6. The minimum Gasteiger partial charge on any atom is -0.493 e. The van der Waals surface area contributed by atoms with Gasteiger partial charge in [0.1, 0.15) is 5.82 Å². The summed E-state index contributed by atoms with van der Waals surface area (Å²) in [6.45, 7) is 8.18. The molecular formula is C22H30N4O5. The van der Waals surface area contributed by atoms with Crippen LogP contribution in [0.4, 0.5) is 11.5 Å². The molecule has 0 aliphatic carbocycles. The van der Waals surface area contributed by atoms with Crippen molar-refractivity contribution in [3.05, 3.63) is 23.9 Å². The monoisotopic (exact) mass is 430 g/mol. The highest BCUT2D eigenvalue weighted by atomic mass is 16.5. The second-order valence-corrected chi connectivity index (χ2v) is 8.53. The predicted octanol–water partition coefficient (Wildman–Crippen LogP) is 2.96. The van der Waals surface area contributed by atoms with E-state index >= 15 is 0 Å². The van der Waals surface area contributed by atoms with Crippen LogP contribution in [0.2, 0.25) is 0 Å². The molecule has 2 aromatic rings. The fourth-order valence-electron chi connectivity index (χ4n) is 3.68. The number of methoxy groups -OCH3 is 3. The van der Waals surface area contributed by atoms with Crippen LogP contribution in [0, 0.1) is 12.8 Å². The van der Waals surface area contributed by atoms with Gasteiger partial charge in [-0.25, -0.2) is 4.68 Å². The smallest absolute Gasteiger partial charge is 0.230 e. The second kappa shape index (κ2) is 8.49. The van der Waals surface area contributed by atoms with E-state index in [0.29, 0.717) is 28.8 Å². The van der Waals surface area contributed by atoms with E-state index < -0.39 is 5.92 Å². The summed E-state index contributed by atoms with van der Waals surface area (Å²) in [5.74, 6) is 1.11. The molecule has 1 saturated heterocycles. The van der Waals surface area contributed by atoms with Crippen LogP contribution in [0.5, 0.6) is 17.2 Å². The van der Waals surface area contributed by atoms with Crippen molar-refractivity contribution in [2.24, 2.45) is 5.92 Å². The van der Waals surface area contributed by atoms with Gasteiger partial charge in [-0.3, -0.25) is 9.59 Å². The number of anilines is 2. The van der Waals surface area contributed by atoms with Gasteiger partial charge in [-0.2, -0.15) is 5.10 Å². The lowest BCUT2D eigenvalue weighted by Crippen LogP contribution is -2.31. The quantitative estimate of drug-likeness (QED) is 0.757. The third-order valence-electron chi connectivity index (χ3n) is 5.18. The maximum atomic E-state index is 13.0. The molecule has 0 bridgehead atoms. The Morgan fingerprint density at radius 2 is 1.71 bits per heavy atom. The first-order valence-electron chi connectivity index (χ1n) is 10.1. The van der Waals surface area contributed by atoms with Crippen LogP contribution in [0.25, 0.3) is 0 Å². The second-order valence-electron chi connectivity index (χ2n) is 8.53. The van der Waals surface area contributed by atoms with Gasteiger partial charge in [0, 0.05) is 31.2 Å². The van der Waals surface area contributed by atoms with Crippen molar-refractivity contribution in [1.29, 1.82) is 0 Å². The van der Waals surface area contributed by atoms with Gasteiger partial charge in [-0.15, -0.1) is 0 Å². The van der Waals surface area contributed by atoms with Gasteiger partial charge in [-0.05, 0) is 27.7 Å². The Morgan fingerprint density at radius 1 is 1.10 bits per heavy atom. The SMILES string of the molecule is COc1cc(N2CC(C(=O)Nc3cc(C)nn3C(C)(C)C)CC2=O)cc(OC)c1OC. The van der Waals surface area contributed by atoms with E-state index in [1.807, 2.05) is 33.8 Å². The van der Waals surface area contributed by atoms with Gasteiger partial charge in [-0.1, -0.05) is 0 Å². The number of ether oxygens (including phenoxy) is 3. The van der Waals surface area contributed by atoms with Gasteiger partial charge < -0.3 is 24.4 Å². The summed E-state index contributed by atoms with van der Waals surface area (Å²) >= 11 is 0. The minimum atomic E-state index is -0.491. The van der Waals surface area contributed by atoms with E-state index in [-0.39, 0.29) is 30.3 Å². The van der Waals surface area contributed by atoms with Crippen molar-refractivity contribution >= 4 is 23.3 Å². The summed E-state index contributed by atoms with van der Waals surface area (Å²) in [7, 11) is 4.55. The molecule has 1 aliphatic rings. The van der Waals surface area contributed by atoms with Crippen molar-refractivity contribution in [3.63, 3.8) is 0 Å². The molecule has 1 aromatic heterocycles. The zero-order valence-corrected chi connectivity index (χ0v) is 19.1. The molecule has 1 unspecified atom stereocenters. The minimum absolute atomic E-state index is 0.116. The molecule has 1 atom stereocenters. The number of aryl methyl sites for hydroxylation is 1. The summed E-state index contributed by atoms with van der Waals surface area (Å²) in [6.07, 6.45) is 0.116. The van der Waals surface area contributed by atoms with Crippen LogP contribution < -0.4 is 24.4 Å². The molecule has 0 saturated carbocycles. The van der Waals surface area contributed by atoms with Gasteiger partial charge in [0.15, 0.2) is 11.5 Å². The fourth-order valence-corrected chi connectivity index (χ4v) is 3.68. The first-order valence-corrected chi connectivity index (χ1v) is 10.1. The molecule has 1 N–H and O–H groups in total. The highest BCUT2D eigenvalue weighted by Gasteiger charge is 2.36. The van der Waals surface area contributed by atoms with Crippen LogP contribution in [0.3, 0.4) is 0 Å². The van der Waals surface area contributed by atoms with Gasteiger partial charge >= 0.3 is 0 Å². The number of carbonyl (C=O) groups excluding carboxylic acids is 2. The van der Waals surface area contributed by atoms with E-state index in [4.69, 9.17) is 14.2 Å². The molecule has 1 aromatic carbocycles. The van der Waals surface area contributed by atoms with E-state index in [9.17, 15) is 9.59 Å². The Labute approximate surface area is 182 Å². The Hall–Kier alpha value is -3.23. The molecule has 31 heavy (non-hydrogen) atoms. The van der Waals surface area contributed by atoms with E-state index in [1.54, 1.807) is 21.7 Å². The Bertz CT molecular complexity index is 967. The lowest BCUT2D eigenvalue weighted by molar-refractivity contribution is -0.122. The van der Waals surface area contributed by atoms with Gasteiger partial charge in [0.05, 0.1) is 44.2 Å². The number of nitrogens with zero attached hydrogens (tertiary/aromatic N) is 3. The molecule has 3 rings (SSSR count). The summed E-state index contributed by atoms with van der Waals surface area (Å²) in [4.78, 5) is 27.3. The lowest BCUT2D eigenvalue weighted by atomic mass is 10.1. The summed E-state index contributed by atoms with van der Waals surface area (Å²) in [5.41, 5.74) is 1.11.